The van der Waals surface area contributed by atoms with E-state index < -0.39 is 31.1 Å². The highest BCUT2D eigenvalue weighted by atomic mass is 127. The number of aryl methyl sites for hydroxylation is 1. The van der Waals surface area contributed by atoms with E-state index in [0.717, 1.165) is 14.7 Å². The quantitative estimate of drug-likeness (QED) is 0.695. The third-order valence-electron chi connectivity index (χ3n) is 2.79. The van der Waals surface area contributed by atoms with Crippen molar-refractivity contribution >= 4 is 31.1 Å². The summed E-state index contributed by atoms with van der Waals surface area (Å²) in [4.78, 5) is 0.247. The number of hydrogen-bond donors (Lipinski definition) is 0. The zero-order valence-electron chi connectivity index (χ0n) is 11.8. The topological polar surface area (TPSA) is 55.7 Å². The second kappa shape index (κ2) is 7.24. The van der Waals surface area contributed by atoms with Gasteiger partial charge in [-0.05, 0) is 30.7 Å². The number of rotatable bonds is 5. The van der Waals surface area contributed by atoms with E-state index in [1.54, 1.807) is 31.4 Å². The fraction of sp³-hybridized carbons (Fsp3) is 0.200. The molecule has 0 atom stereocenters. The van der Waals surface area contributed by atoms with Gasteiger partial charge in [0.25, 0.3) is 10.0 Å². The molecule has 0 amide bonds. The van der Waals surface area contributed by atoms with Crippen molar-refractivity contribution in [2.24, 2.45) is 2.55 Å². The number of nitrogens with zero attached hydrogens (tertiary/aromatic N) is 1. The average molecular weight is 417 g/mol. The molecule has 4 nitrogen and oxygen atoms in total. The minimum absolute atomic E-state index is 0.247. The Hall–Kier alpha value is -1.12. The zero-order valence-corrected chi connectivity index (χ0v) is 14.8. The molecule has 0 aliphatic heterocycles. The number of methoxy groups -OCH3 is 1. The SMILES string of the molecule is COCc1ccccc1I=NS(=O)(=O)c1ccc(C)cc1. The molecule has 0 saturated heterocycles. The second-order valence-corrected chi connectivity index (χ2v) is 8.85. The van der Waals surface area contributed by atoms with E-state index in [2.05, 4.69) is 2.55 Å². The fourth-order valence-electron chi connectivity index (χ4n) is 1.69. The highest BCUT2D eigenvalue weighted by Gasteiger charge is 2.12. The van der Waals surface area contributed by atoms with Crippen LogP contribution in [0.1, 0.15) is 11.1 Å². The van der Waals surface area contributed by atoms with E-state index in [0.29, 0.717) is 6.61 Å². The normalized spacial score (nSPS) is 12.3. The van der Waals surface area contributed by atoms with Gasteiger partial charge in [0.05, 0.1) is 11.5 Å². The van der Waals surface area contributed by atoms with E-state index in [1.165, 1.54) is 0 Å². The van der Waals surface area contributed by atoms with Crippen molar-refractivity contribution in [1.29, 1.82) is 0 Å². The first-order valence-electron chi connectivity index (χ1n) is 6.28. The molecule has 6 heteroatoms. The molecule has 0 radical (unpaired) electrons. The van der Waals surface area contributed by atoms with E-state index in [9.17, 15) is 8.42 Å². The van der Waals surface area contributed by atoms with Crippen molar-refractivity contribution in [3.05, 3.63) is 63.2 Å². The second-order valence-electron chi connectivity index (χ2n) is 4.47. The number of hydrogen-bond acceptors (Lipinski definition) is 3. The van der Waals surface area contributed by atoms with Gasteiger partial charge in [-0.3, -0.25) is 0 Å². The van der Waals surface area contributed by atoms with Gasteiger partial charge in [0.1, 0.15) is 0 Å². The van der Waals surface area contributed by atoms with Crippen LogP contribution in [0.5, 0.6) is 0 Å². The van der Waals surface area contributed by atoms with Gasteiger partial charge < -0.3 is 4.74 Å². The maximum atomic E-state index is 12.2. The van der Waals surface area contributed by atoms with Gasteiger partial charge in [0, 0.05) is 31.7 Å². The van der Waals surface area contributed by atoms with E-state index in [4.69, 9.17) is 4.74 Å². The summed E-state index contributed by atoms with van der Waals surface area (Å²) >= 11 is -0.974. The number of benzene rings is 2. The van der Waals surface area contributed by atoms with Crippen molar-refractivity contribution in [2.75, 3.05) is 7.11 Å². The van der Waals surface area contributed by atoms with Crippen LogP contribution in [0, 0.1) is 10.5 Å². The lowest BCUT2D eigenvalue weighted by molar-refractivity contribution is 0.184. The molecule has 0 bridgehead atoms. The summed E-state index contributed by atoms with van der Waals surface area (Å²) in [6.07, 6.45) is 0. The van der Waals surface area contributed by atoms with Gasteiger partial charge in [-0.15, -0.1) is 2.55 Å². The van der Waals surface area contributed by atoms with Gasteiger partial charge in [-0.25, -0.2) is 0 Å². The monoisotopic (exact) mass is 417 g/mol. The van der Waals surface area contributed by atoms with E-state index in [1.807, 2.05) is 31.2 Å². The summed E-state index contributed by atoms with van der Waals surface area (Å²) in [5.74, 6) is 0. The van der Waals surface area contributed by atoms with E-state index in [-0.39, 0.29) is 4.90 Å². The molecule has 0 N–H and O–H groups in total. The number of sulfonamides is 1. The molecule has 2 rings (SSSR count). The summed E-state index contributed by atoms with van der Waals surface area (Å²) in [5, 5.41) is 0. The molecular formula is C15H16INO3S. The number of halogens is 1. The van der Waals surface area contributed by atoms with Gasteiger partial charge in [-0.1, -0.05) is 35.9 Å². The largest absolute Gasteiger partial charge is 0.380 e. The van der Waals surface area contributed by atoms with E-state index >= 15 is 0 Å². The van der Waals surface area contributed by atoms with Crippen molar-refractivity contribution in [2.45, 2.75) is 18.4 Å². The molecule has 2 aromatic rings. The maximum Gasteiger partial charge on any atom is 0.286 e. The molecule has 0 aliphatic carbocycles. The summed E-state index contributed by atoms with van der Waals surface area (Å²) in [6.45, 7) is 2.39. The van der Waals surface area contributed by atoms with Gasteiger partial charge >= 0.3 is 0 Å². The van der Waals surface area contributed by atoms with Crippen LogP contribution in [0.25, 0.3) is 0 Å². The summed E-state index contributed by atoms with van der Waals surface area (Å²) in [7, 11) is -1.95. The first kappa shape index (κ1) is 16.3. The maximum absolute atomic E-state index is 12.2. The van der Waals surface area contributed by atoms with Crippen LogP contribution in [0.3, 0.4) is 0 Å². The first-order chi connectivity index (χ1) is 10.0. The van der Waals surface area contributed by atoms with Crippen LogP contribution in [0.4, 0.5) is 0 Å². The lowest BCUT2D eigenvalue weighted by Crippen LogP contribution is -1.95. The van der Waals surface area contributed by atoms with Crippen LogP contribution < -0.4 is 0 Å². The fourth-order valence-corrected chi connectivity index (χ4v) is 5.52. The van der Waals surface area contributed by atoms with Crippen molar-refractivity contribution in [3.8, 4) is 0 Å². The van der Waals surface area contributed by atoms with Crippen molar-refractivity contribution in [3.63, 3.8) is 0 Å². The Labute approximate surface area is 135 Å². The third-order valence-corrected chi connectivity index (χ3v) is 7.63. The lowest BCUT2D eigenvalue weighted by Gasteiger charge is -2.03. The van der Waals surface area contributed by atoms with Crippen LogP contribution in [0.15, 0.2) is 56.0 Å². The summed E-state index contributed by atoms with van der Waals surface area (Å²) in [6, 6.07) is 14.4. The first-order valence-corrected chi connectivity index (χ1v) is 9.76. The van der Waals surface area contributed by atoms with Crippen molar-refractivity contribution < 1.29 is 13.2 Å². The Kier molecular flexibility index (Phi) is 5.60. The Morgan fingerprint density at radius 1 is 1.10 bits per heavy atom. The van der Waals surface area contributed by atoms with Crippen LogP contribution >= 0.6 is 21.0 Å². The standard InChI is InChI=1S/C15H16INO3S/c1-12-7-9-14(10-8-12)21(18,19)17-16-15-6-4-3-5-13(15)11-20-2/h3-10H,11H2,1-2H3. The summed E-state index contributed by atoms with van der Waals surface area (Å²) in [5.41, 5.74) is 2.02. The van der Waals surface area contributed by atoms with Gasteiger partial charge in [-0.2, -0.15) is 8.42 Å². The molecule has 0 saturated carbocycles. The zero-order chi connectivity index (χ0) is 15.3. The molecule has 0 fully saturated rings. The summed E-state index contributed by atoms with van der Waals surface area (Å²) < 4.78 is 34.5. The predicted molar refractivity (Wildman–Crippen MR) is 90.7 cm³/mol. The molecule has 0 heterocycles. The molecule has 0 aliphatic rings. The third kappa shape index (κ3) is 4.42. The van der Waals surface area contributed by atoms with Crippen LogP contribution in [0.2, 0.25) is 0 Å². The Bertz CT molecular complexity index is 740. The predicted octanol–water partition coefficient (Wildman–Crippen LogP) is 3.85. The lowest BCUT2D eigenvalue weighted by atomic mass is 10.2. The molecular weight excluding hydrogens is 401 g/mol. The minimum Gasteiger partial charge on any atom is -0.380 e. The van der Waals surface area contributed by atoms with Crippen LogP contribution in [-0.2, 0) is 21.4 Å². The molecule has 112 valence electrons. The molecule has 21 heavy (non-hydrogen) atoms. The Morgan fingerprint density at radius 3 is 2.43 bits per heavy atom. The minimum atomic E-state index is -3.57. The highest BCUT2D eigenvalue weighted by Crippen LogP contribution is 2.24. The number of ether oxygens (including phenoxy) is 1. The van der Waals surface area contributed by atoms with Gasteiger partial charge in [0.15, 0.2) is 0 Å². The molecule has 0 aromatic heterocycles. The smallest absolute Gasteiger partial charge is 0.286 e. The highest BCUT2D eigenvalue weighted by molar-refractivity contribution is 14.2. The molecule has 2 aromatic carbocycles. The van der Waals surface area contributed by atoms with Gasteiger partial charge in [0.2, 0.25) is 0 Å². The van der Waals surface area contributed by atoms with Crippen molar-refractivity contribution in [1.82, 2.24) is 0 Å². The van der Waals surface area contributed by atoms with Crippen LogP contribution in [-0.4, -0.2) is 15.5 Å². The molecule has 0 spiro atoms. The Balaban J connectivity index is 2.30. The Morgan fingerprint density at radius 2 is 1.76 bits per heavy atom. The average Bonchev–Trinajstić information content (AvgIpc) is 2.47. The molecule has 0 unspecified atom stereocenters.